The maximum Gasteiger partial charge on any atom is 0.418 e. The molecule has 0 bridgehead atoms. The van der Waals surface area contributed by atoms with Gasteiger partial charge in [-0.05, 0) is 25.1 Å². The molecule has 0 atom stereocenters. The van der Waals surface area contributed by atoms with E-state index in [4.69, 9.17) is 16.1 Å². The maximum atomic E-state index is 13.1. The highest BCUT2D eigenvalue weighted by molar-refractivity contribution is 6.30. The van der Waals surface area contributed by atoms with E-state index in [1.54, 1.807) is 6.92 Å². The third kappa shape index (κ3) is 4.53. The number of carbonyl (C=O) groups excluding carboxylic acids is 1. The fourth-order valence-electron chi connectivity index (χ4n) is 2.10. The molecule has 27 heavy (non-hydrogen) atoms. The fraction of sp³-hybridized carbons (Fsp3) is 0.125. The molecule has 0 saturated heterocycles. The predicted octanol–water partition coefficient (Wildman–Crippen LogP) is 4.44. The van der Waals surface area contributed by atoms with E-state index in [1.807, 2.05) is 0 Å². The van der Waals surface area contributed by atoms with Gasteiger partial charge in [0.1, 0.15) is 5.76 Å². The zero-order valence-electron chi connectivity index (χ0n) is 13.6. The number of aromatic nitrogens is 3. The largest absolute Gasteiger partial charge is 0.418 e. The number of halogens is 4. The lowest BCUT2D eigenvalue weighted by molar-refractivity contribution is -0.136. The Morgan fingerprint density at radius 2 is 1.89 bits per heavy atom. The first-order valence-electron chi connectivity index (χ1n) is 7.43. The first-order chi connectivity index (χ1) is 12.7. The summed E-state index contributed by atoms with van der Waals surface area (Å²) >= 11 is 5.63. The second-order valence-electron chi connectivity index (χ2n) is 5.38. The van der Waals surface area contributed by atoms with Gasteiger partial charge in [-0.2, -0.15) is 13.2 Å². The van der Waals surface area contributed by atoms with Crippen LogP contribution in [0.2, 0.25) is 5.02 Å². The monoisotopic (exact) mass is 397 g/mol. The maximum absolute atomic E-state index is 13.1. The van der Waals surface area contributed by atoms with Crippen LogP contribution in [-0.2, 0) is 6.18 Å². The molecule has 140 valence electrons. The van der Waals surface area contributed by atoms with Crippen LogP contribution in [0.15, 0.2) is 41.2 Å². The van der Waals surface area contributed by atoms with Gasteiger partial charge in [-0.15, -0.1) is 0 Å². The number of hydrogen-bond donors (Lipinski definition) is 2. The van der Waals surface area contributed by atoms with Crippen LogP contribution in [0.5, 0.6) is 0 Å². The molecular weight excluding hydrogens is 387 g/mol. The van der Waals surface area contributed by atoms with Crippen LogP contribution in [0.1, 0.15) is 21.7 Å². The van der Waals surface area contributed by atoms with E-state index in [0.29, 0.717) is 5.76 Å². The van der Waals surface area contributed by atoms with Gasteiger partial charge in [0.05, 0.1) is 16.8 Å². The van der Waals surface area contributed by atoms with Crippen molar-refractivity contribution in [2.45, 2.75) is 13.1 Å². The van der Waals surface area contributed by atoms with Crippen molar-refractivity contribution in [1.82, 2.24) is 15.1 Å². The Bertz CT molecular complexity index is 973. The van der Waals surface area contributed by atoms with E-state index in [0.717, 1.165) is 6.07 Å². The van der Waals surface area contributed by atoms with Gasteiger partial charge >= 0.3 is 6.18 Å². The number of alkyl halides is 3. The molecule has 3 aromatic rings. The molecule has 0 aliphatic heterocycles. The van der Waals surface area contributed by atoms with Crippen LogP contribution >= 0.6 is 11.6 Å². The van der Waals surface area contributed by atoms with Crippen LogP contribution in [0.4, 0.5) is 30.6 Å². The highest BCUT2D eigenvalue weighted by atomic mass is 35.5. The van der Waals surface area contributed by atoms with Crippen molar-refractivity contribution in [3.63, 3.8) is 0 Å². The average Bonchev–Trinajstić information content (AvgIpc) is 3.01. The van der Waals surface area contributed by atoms with Crippen molar-refractivity contribution in [2.75, 3.05) is 10.6 Å². The van der Waals surface area contributed by atoms with E-state index in [2.05, 4.69) is 25.8 Å². The van der Waals surface area contributed by atoms with E-state index < -0.39 is 17.6 Å². The predicted molar refractivity (Wildman–Crippen MR) is 91.0 cm³/mol. The van der Waals surface area contributed by atoms with Gasteiger partial charge in [-0.1, -0.05) is 16.8 Å². The van der Waals surface area contributed by atoms with E-state index in [-0.39, 0.29) is 28.0 Å². The van der Waals surface area contributed by atoms with Crippen molar-refractivity contribution in [2.24, 2.45) is 0 Å². The summed E-state index contributed by atoms with van der Waals surface area (Å²) in [6.45, 7) is 1.66. The Kier molecular flexibility index (Phi) is 5.00. The topological polar surface area (TPSA) is 92.9 Å². The molecule has 11 heteroatoms. The van der Waals surface area contributed by atoms with Crippen molar-refractivity contribution >= 4 is 35.0 Å². The van der Waals surface area contributed by atoms with Crippen LogP contribution in [0.3, 0.4) is 0 Å². The van der Waals surface area contributed by atoms with Gasteiger partial charge in [-0.25, -0.2) is 9.97 Å². The molecule has 3 rings (SSSR count). The number of rotatable bonds is 4. The average molecular weight is 398 g/mol. The highest BCUT2D eigenvalue weighted by Crippen LogP contribution is 2.37. The van der Waals surface area contributed by atoms with Crippen molar-refractivity contribution in [1.29, 1.82) is 0 Å². The van der Waals surface area contributed by atoms with Crippen molar-refractivity contribution < 1.29 is 22.5 Å². The van der Waals surface area contributed by atoms with Gasteiger partial charge in [0.25, 0.3) is 5.91 Å². The first kappa shape index (κ1) is 18.6. The summed E-state index contributed by atoms with van der Waals surface area (Å²) in [4.78, 5) is 19.8. The molecule has 7 nitrogen and oxygen atoms in total. The Morgan fingerprint density at radius 1 is 1.19 bits per heavy atom. The molecule has 1 amide bonds. The molecule has 0 fully saturated rings. The lowest BCUT2D eigenvalue weighted by Crippen LogP contribution is -2.14. The first-order valence-corrected chi connectivity index (χ1v) is 7.80. The summed E-state index contributed by atoms with van der Waals surface area (Å²) in [6.07, 6.45) is -2.27. The molecule has 0 radical (unpaired) electrons. The number of carbonyl (C=O) groups is 1. The number of benzene rings is 1. The van der Waals surface area contributed by atoms with E-state index >= 15 is 0 Å². The van der Waals surface area contributed by atoms with Crippen molar-refractivity contribution in [3.8, 4) is 0 Å². The summed E-state index contributed by atoms with van der Waals surface area (Å²) in [5, 5.41) is 8.51. The second kappa shape index (κ2) is 7.23. The van der Waals surface area contributed by atoms with Crippen LogP contribution in [0.25, 0.3) is 0 Å². The van der Waals surface area contributed by atoms with Gasteiger partial charge in [-0.3, -0.25) is 4.79 Å². The van der Waals surface area contributed by atoms with Gasteiger partial charge in [0.15, 0.2) is 5.82 Å². The molecule has 0 saturated carbocycles. The van der Waals surface area contributed by atoms with Gasteiger partial charge < -0.3 is 15.2 Å². The third-order valence-electron chi connectivity index (χ3n) is 3.32. The summed E-state index contributed by atoms with van der Waals surface area (Å²) in [6, 6.07) is 4.79. The molecule has 0 aliphatic carbocycles. The second-order valence-corrected chi connectivity index (χ2v) is 5.82. The van der Waals surface area contributed by atoms with Crippen molar-refractivity contribution in [3.05, 3.63) is 58.6 Å². The minimum Gasteiger partial charge on any atom is -0.360 e. The minimum absolute atomic E-state index is 0.0519. The third-order valence-corrected chi connectivity index (χ3v) is 3.55. The van der Waals surface area contributed by atoms with Crippen LogP contribution in [0, 0.1) is 6.92 Å². The Morgan fingerprint density at radius 3 is 2.48 bits per heavy atom. The quantitative estimate of drug-likeness (QED) is 0.676. The van der Waals surface area contributed by atoms with Gasteiger partial charge in [0, 0.05) is 23.5 Å². The molecule has 2 heterocycles. The molecule has 2 aromatic heterocycles. The number of hydrogen-bond acceptors (Lipinski definition) is 6. The summed E-state index contributed by atoms with van der Waals surface area (Å²) in [5.41, 5.74) is -1.13. The number of nitrogens with one attached hydrogen (secondary N) is 2. The summed E-state index contributed by atoms with van der Waals surface area (Å²) in [5.74, 6) is 0.0780. The Balaban J connectivity index is 1.76. The van der Waals surface area contributed by atoms with E-state index in [9.17, 15) is 18.0 Å². The zero-order chi connectivity index (χ0) is 19.6. The number of nitrogens with zero attached hydrogens (tertiary/aromatic N) is 3. The van der Waals surface area contributed by atoms with Crippen LogP contribution in [-0.4, -0.2) is 21.0 Å². The lowest BCUT2D eigenvalue weighted by Gasteiger charge is -2.14. The highest BCUT2D eigenvalue weighted by Gasteiger charge is 2.34. The smallest absolute Gasteiger partial charge is 0.360 e. The fourth-order valence-corrected chi connectivity index (χ4v) is 2.28. The standard InChI is InChI=1S/C16H11ClF3N5O2/c1-8-4-13(25-27-8)24-14(26)9-6-21-15(22-7-9)23-12-3-2-10(17)5-11(12)16(18,19)20/h2-7H,1H3,(H,21,22,23)(H,24,25,26). The Hall–Kier alpha value is -3.14. The lowest BCUT2D eigenvalue weighted by atomic mass is 10.1. The molecule has 0 aliphatic rings. The van der Waals surface area contributed by atoms with Crippen LogP contribution < -0.4 is 10.6 Å². The van der Waals surface area contributed by atoms with E-state index in [1.165, 1.54) is 30.6 Å². The SMILES string of the molecule is Cc1cc(NC(=O)c2cnc(Nc3ccc(Cl)cc3C(F)(F)F)nc2)no1. The number of amides is 1. The molecule has 0 unspecified atom stereocenters. The molecule has 1 aromatic carbocycles. The van der Waals surface area contributed by atoms with Gasteiger partial charge in [0.2, 0.25) is 5.95 Å². The normalized spacial score (nSPS) is 11.3. The Labute approximate surface area is 155 Å². The summed E-state index contributed by atoms with van der Waals surface area (Å²) in [7, 11) is 0. The number of aryl methyl sites for hydroxylation is 1. The molecular formula is C16H11ClF3N5O2. The molecule has 0 spiro atoms. The minimum atomic E-state index is -4.61. The number of anilines is 3. The summed E-state index contributed by atoms with van der Waals surface area (Å²) < 4.78 is 44.1. The zero-order valence-corrected chi connectivity index (χ0v) is 14.4. The molecule has 2 N–H and O–H groups in total.